The number of imidazole rings is 1. The minimum Gasteiger partial charge on any atom is -0.365 e. The zero-order valence-corrected chi connectivity index (χ0v) is 17.4. The summed E-state index contributed by atoms with van der Waals surface area (Å²) in [5, 5.41) is 3.59. The number of anilines is 1. The Bertz CT molecular complexity index is 1150. The molecule has 4 aromatic heterocycles. The quantitative estimate of drug-likeness (QED) is 0.479. The predicted octanol–water partition coefficient (Wildman–Crippen LogP) is 4.88. The van der Waals surface area contributed by atoms with Crippen LogP contribution in [-0.2, 0) is 0 Å². The van der Waals surface area contributed by atoms with Crippen LogP contribution in [0.3, 0.4) is 0 Å². The van der Waals surface area contributed by atoms with Gasteiger partial charge in [0.15, 0.2) is 0 Å². The highest BCUT2D eigenvalue weighted by molar-refractivity contribution is 7.16. The van der Waals surface area contributed by atoms with E-state index >= 15 is 0 Å². The molecule has 0 fully saturated rings. The van der Waals surface area contributed by atoms with Crippen molar-refractivity contribution in [2.24, 2.45) is 0 Å². The van der Waals surface area contributed by atoms with Crippen molar-refractivity contribution in [3.05, 3.63) is 65.7 Å². The Balaban J connectivity index is 0.00000225. The molecule has 5 nitrogen and oxygen atoms in total. The first-order valence-corrected chi connectivity index (χ1v) is 9.46. The number of fused-ring (bicyclic) bond motifs is 1. The fraction of sp³-hybridized carbons (Fsp3) is 0.190. The van der Waals surface area contributed by atoms with Gasteiger partial charge in [0.05, 0.1) is 9.75 Å². The molecule has 0 unspecified atom stereocenters. The minimum absolute atomic E-state index is 0. The summed E-state index contributed by atoms with van der Waals surface area (Å²) < 4.78 is 2.09. The van der Waals surface area contributed by atoms with Gasteiger partial charge in [0.1, 0.15) is 17.2 Å². The highest BCUT2D eigenvalue weighted by atomic mass is 35.5. The summed E-state index contributed by atoms with van der Waals surface area (Å²) in [6.45, 7) is 6.43. The first kappa shape index (κ1) is 19.9. The Hall–Kier alpha value is -2.88. The van der Waals surface area contributed by atoms with Crippen molar-refractivity contribution in [3.8, 4) is 22.4 Å². The van der Waals surface area contributed by atoms with Crippen molar-refractivity contribution in [1.82, 2.24) is 19.4 Å². The van der Waals surface area contributed by atoms with Crippen LogP contribution in [0.4, 0.5) is 5.82 Å². The summed E-state index contributed by atoms with van der Waals surface area (Å²) in [5.41, 5.74) is 1.77. The van der Waals surface area contributed by atoms with Gasteiger partial charge in [0.2, 0.25) is 5.82 Å². The fourth-order valence-corrected chi connectivity index (χ4v) is 3.51. The molecule has 1 N–H and O–H groups in total. The zero-order chi connectivity index (χ0) is 18.9. The molecule has 0 aromatic carbocycles. The van der Waals surface area contributed by atoms with Crippen molar-refractivity contribution in [2.75, 3.05) is 5.32 Å². The standard InChI is InChI=1S/C21H19N5S.ClH/c1-21(2,3)25-20-19(24-18-7-4-5-14-26(18)20)16-10-8-15(27-16)9-11-17-22-12-6-13-23-17;/h4-8,10,12-14,25H,1-3H3;1H. The number of thiophene rings is 1. The van der Waals surface area contributed by atoms with Crippen LogP contribution in [0.15, 0.2) is 55.0 Å². The van der Waals surface area contributed by atoms with Crippen LogP contribution in [0, 0.1) is 11.8 Å². The third kappa shape index (κ3) is 4.33. The Morgan fingerprint density at radius 2 is 1.79 bits per heavy atom. The van der Waals surface area contributed by atoms with E-state index in [1.54, 1.807) is 29.8 Å². The summed E-state index contributed by atoms with van der Waals surface area (Å²) in [5.74, 6) is 7.66. The lowest BCUT2D eigenvalue weighted by molar-refractivity contribution is 0.630. The molecular weight excluding hydrogens is 390 g/mol. The number of rotatable bonds is 2. The molecular formula is C21H20ClN5S. The maximum Gasteiger partial charge on any atom is 0.205 e. The van der Waals surface area contributed by atoms with Crippen molar-refractivity contribution in [1.29, 1.82) is 0 Å². The van der Waals surface area contributed by atoms with Gasteiger partial charge in [-0.2, -0.15) is 0 Å². The van der Waals surface area contributed by atoms with Gasteiger partial charge in [-0.3, -0.25) is 4.40 Å². The molecule has 0 aliphatic heterocycles. The number of aromatic nitrogens is 4. The van der Waals surface area contributed by atoms with Gasteiger partial charge in [-0.05, 0) is 62.9 Å². The number of nitrogens with zero attached hydrogens (tertiary/aromatic N) is 4. The van der Waals surface area contributed by atoms with Gasteiger partial charge < -0.3 is 5.32 Å². The molecule has 4 rings (SSSR count). The molecule has 0 aliphatic rings. The predicted molar refractivity (Wildman–Crippen MR) is 117 cm³/mol. The summed E-state index contributed by atoms with van der Waals surface area (Å²) in [6.07, 6.45) is 5.41. The van der Waals surface area contributed by atoms with E-state index in [4.69, 9.17) is 4.98 Å². The number of pyridine rings is 1. The van der Waals surface area contributed by atoms with E-state index in [0.29, 0.717) is 5.82 Å². The number of hydrogen-bond acceptors (Lipinski definition) is 5. The molecule has 0 spiro atoms. The van der Waals surface area contributed by atoms with E-state index in [2.05, 4.69) is 58.4 Å². The first-order valence-electron chi connectivity index (χ1n) is 8.64. The largest absolute Gasteiger partial charge is 0.365 e. The lowest BCUT2D eigenvalue weighted by Gasteiger charge is -2.22. The van der Waals surface area contributed by atoms with Crippen LogP contribution in [0.1, 0.15) is 31.5 Å². The van der Waals surface area contributed by atoms with Crippen LogP contribution in [0.2, 0.25) is 0 Å². The van der Waals surface area contributed by atoms with Gasteiger partial charge >= 0.3 is 0 Å². The monoisotopic (exact) mass is 409 g/mol. The summed E-state index contributed by atoms with van der Waals surface area (Å²) in [4.78, 5) is 15.1. The molecule has 7 heteroatoms. The third-order valence-electron chi connectivity index (χ3n) is 3.73. The second kappa shape index (κ2) is 8.01. The minimum atomic E-state index is -0.0783. The van der Waals surface area contributed by atoms with E-state index in [9.17, 15) is 0 Å². The second-order valence-corrected chi connectivity index (χ2v) is 8.18. The van der Waals surface area contributed by atoms with E-state index in [-0.39, 0.29) is 17.9 Å². The smallest absolute Gasteiger partial charge is 0.205 e. The van der Waals surface area contributed by atoms with Crippen LogP contribution in [0.5, 0.6) is 0 Å². The average Bonchev–Trinajstić information content (AvgIpc) is 3.25. The zero-order valence-electron chi connectivity index (χ0n) is 15.8. The van der Waals surface area contributed by atoms with Crippen molar-refractivity contribution < 1.29 is 0 Å². The Morgan fingerprint density at radius 3 is 2.54 bits per heavy atom. The Labute approximate surface area is 174 Å². The molecule has 0 atom stereocenters. The van der Waals surface area contributed by atoms with Crippen LogP contribution in [-0.4, -0.2) is 24.9 Å². The van der Waals surface area contributed by atoms with Crippen LogP contribution in [0.25, 0.3) is 16.2 Å². The van der Waals surface area contributed by atoms with Gasteiger partial charge in [-0.25, -0.2) is 15.0 Å². The lowest BCUT2D eigenvalue weighted by Crippen LogP contribution is -2.27. The van der Waals surface area contributed by atoms with Gasteiger partial charge in [0.25, 0.3) is 0 Å². The molecule has 0 radical (unpaired) electrons. The van der Waals surface area contributed by atoms with Gasteiger partial charge in [-0.15, -0.1) is 23.7 Å². The van der Waals surface area contributed by atoms with Crippen molar-refractivity contribution in [3.63, 3.8) is 0 Å². The summed E-state index contributed by atoms with van der Waals surface area (Å²) in [7, 11) is 0. The first-order chi connectivity index (χ1) is 13.0. The number of hydrogen-bond donors (Lipinski definition) is 1. The molecule has 0 bridgehead atoms. The van der Waals surface area contributed by atoms with Crippen LogP contribution < -0.4 is 5.32 Å². The topological polar surface area (TPSA) is 55.1 Å². The normalized spacial score (nSPS) is 10.8. The van der Waals surface area contributed by atoms with E-state index < -0.39 is 0 Å². The molecule has 0 saturated heterocycles. The fourth-order valence-electron chi connectivity index (χ4n) is 2.66. The van der Waals surface area contributed by atoms with Gasteiger partial charge in [0, 0.05) is 24.1 Å². The van der Waals surface area contributed by atoms with Crippen molar-refractivity contribution in [2.45, 2.75) is 26.3 Å². The highest BCUT2D eigenvalue weighted by Gasteiger charge is 2.20. The van der Waals surface area contributed by atoms with Crippen LogP contribution >= 0.6 is 23.7 Å². The molecule has 4 aromatic rings. The maximum atomic E-state index is 4.84. The van der Waals surface area contributed by atoms with E-state index in [1.165, 1.54) is 0 Å². The van der Waals surface area contributed by atoms with E-state index in [1.807, 2.05) is 30.5 Å². The molecule has 0 amide bonds. The maximum absolute atomic E-state index is 4.84. The molecule has 142 valence electrons. The Morgan fingerprint density at radius 1 is 1.00 bits per heavy atom. The molecule has 0 aliphatic carbocycles. The summed E-state index contributed by atoms with van der Waals surface area (Å²) >= 11 is 1.62. The molecule has 4 heterocycles. The molecule has 0 saturated carbocycles. The Kier molecular flexibility index (Phi) is 5.68. The average molecular weight is 410 g/mol. The highest BCUT2D eigenvalue weighted by Crippen LogP contribution is 2.34. The SMILES string of the molecule is CC(C)(C)Nc1c(-c2ccc(C#Cc3ncccn3)s2)nc2ccccn12.Cl. The molecule has 28 heavy (non-hydrogen) atoms. The number of halogens is 1. The van der Waals surface area contributed by atoms with Crippen molar-refractivity contribution >= 4 is 35.2 Å². The summed E-state index contributed by atoms with van der Waals surface area (Å²) in [6, 6.07) is 11.9. The number of nitrogens with one attached hydrogen (secondary N) is 1. The van der Waals surface area contributed by atoms with E-state index in [0.717, 1.165) is 26.9 Å². The second-order valence-electron chi connectivity index (χ2n) is 7.10. The lowest BCUT2D eigenvalue weighted by atomic mass is 10.1. The van der Waals surface area contributed by atoms with Gasteiger partial charge in [-0.1, -0.05) is 6.07 Å². The third-order valence-corrected chi connectivity index (χ3v) is 4.73.